The van der Waals surface area contributed by atoms with Gasteiger partial charge in [-0.15, -0.1) is 0 Å². The van der Waals surface area contributed by atoms with Crippen molar-refractivity contribution in [1.82, 2.24) is 0 Å². The second-order valence-electron chi connectivity index (χ2n) is 4.75. The van der Waals surface area contributed by atoms with Gasteiger partial charge in [-0.1, -0.05) is 19.9 Å². The van der Waals surface area contributed by atoms with Crippen molar-refractivity contribution >= 4 is 5.69 Å². The van der Waals surface area contributed by atoms with E-state index in [1.165, 1.54) is 11.1 Å². The number of nitrogens with zero attached hydrogens (tertiary/aromatic N) is 1. The molecule has 0 heterocycles. The van der Waals surface area contributed by atoms with Crippen molar-refractivity contribution < 1.29 is 0 Å². The molecule has 2 nitrogen and oxygen atoms in total. The lowest BCUT2D eigenvalue weighted by Crippen LogP contribution is -2.19. The molecule has 0 aliphatic carbocycles. The minimum atomic E-state index is -0.0953. The maximum absolute atomic E-state index is 9.05. The van der Waals surface area contributed by atoms with E-state index in [1.54, 1.807) is 0 Å². The molecule has 0 aliphatic rings. The van der Waals surface area contributed by atoms with Crippen LogP contribution in [0.25, 0.3) is 0 Å². The first-order valence-electron chi connectivity index (χ1n) is 5.76. The molecule has 1 N–H and O–H groups in total. The van der Waals surface area contributed by atoms with Gasteiger partial charge in [0.2, 0.25) is 0 Å². The number of nitriles is 1. The Morgan fingerprint density at radius 2 is 1.94 bits per heavy atom. The quantitative estimate of drug-likeness (QED) is 0.833. The van der Waals surface area contributed by atoms with Crippen molar-refractivity contribution in [3.05, 3.63) is 29.3 Å². The van der Waals surface area contributed by atoms with Crippen molar-refractivity contribution in [2.24, 2.45) is 5.92 Å². The molecule has 0 bridgehead atoms. The van der Waals surface area contributed by atoms with Crippen LogP contribution in [0.5, 0.6) is 0 Å². The summed E-state index contributed by atoms with van der Waals surface area (Å²) in [6.07, 6.45) is 0.878. The van der Waals surface area contributed by atoms with E-state index in [4.69, 9.17) is 5.26 Å². The number of benzene rings is 1. The molecule has 0 aliphatic heterocycles. The normalized spacial score (nSPS) is 12.2. The molecule has 1 aromatic carbocycles. The molecule has 2 heteroatoms. The van der Waals surface area contributed by atoms with Crippen molar-refractivity contribution in [2.75, 3.05) is 5.32 Å². The minimum Gasteiger partial charge on any atom is -0.370 e. The lowest BCUT2D eigenvalue weighted by Gasteiger charge is -2.15. The van der Waals surface area contributed by atoms with Crippen LogP contribution in [0.3, 0.4) is 0 Å². The highest BCUT2D eigenvalue weighted by molar-refractivity contribution is 5.49. The summed E-state index contributed by atoms with van der Waals surface area (Å²) in [4.78, 5) is 0. The lowest BCUT2D eigenvalue weighted by atomic mass is 10.0. The number of rotatable bonds is 4. The summed E-state index contributed by atoms with van der Waals surface area (Å²) in [5.41, 5.74) is 3.57. The average molecular weight is 216 g/mol. The molecule has 16 heavy (non-hydrogen) atoms. The first-order valence-corrected chi connectivity index (χ1v) is 5.76. The topological polar surface area (TPSA) is 35.8 Å². The first-order chi connectivity index (χ1) is 7.52. The van der Waals surface area contributed by atoms with Crippen LogP contribution < -0.4 is 5.32 Å². The first kappa shape index (κ1) is 12.6. The van der Waals surface area contributed by atoms with Crippen LogP contribution in [-0.4, -0.2) is 6.04 Å². The second-order valence-corrected chi connectivity index (χ2v) is 4.75. The van der Waals surface area contributed by atoms with Crippen LogP contribution in [0.15, 0.2) is 18.2 Å². The summed E-state index contributed by atoms with van der Waals surface area (Å²) >= 11 is 0. The smallest absolute Gasteiger partial charge is 0.114 e. The van der Waals surface area contributed by atoms with Crippen molar-refractivity contribution in [3.63, 3.8) is 0 Å². The number of hydrogen-bond acceptors (Lipinski definition) is 2. The molecule has 86 valence electrons. The van der Waals surface area contributed by atoms with E-state index in [-0.39, 0.29) is 6.04 Å². The largest absolute Gasteiger partial charge is 0.370 e. The van der Waals surface area contributed by atoms with Gasteiger partial charge in [0, 0.05) is 5.69 Å². The van der Waals surface area contributed by atoms with E-state index in [1.807, 2.05) is 6.07 Å². The highest BCUT2D eigenvalue weighted by atomic mass is 14.9. The zero-order valence-electron chi connectivity index (χ0n) is 10.5. The number of aryl methyl sites for hydroxylation is 2. The lowest BCUT2D eigenvalue weighted by molar-refractivity contribution is 0.568. The Hall–Kier alpha value is -1.49. The molecular formula is C14H20N2. The molecule has 0 fully saturated rings. The third-order valence-electron chi connectivity index (χ3n) is 2.71. The Labute approximate surface area is 98.3 Å². The number of hydrogen-bond donors (Lipinski definition) is 1. The fourth-order valence-corrected chi connectivity index (χ4v) is 1.65. The third-order valence-corrected chi connectivity index (χ3v) is 2.71. The van der Waals surface area contributed by atoms with Gasteiger partial charge in [-0.25, -0.2) is 0 Å². The van der Waals surface area contributed by atoms with E-state index in [2.05, 4.69) is 51.2 Å². The van der Waals surface area contributed by atoms with Gasteiger partial charge in [-0.2, -0.15) is 5.26 Å². The Kier molecular flexibility index (Phi) is 4.37. The van der Waals surface area contributed by atoms with Gasteiger partial charge in [0.15, 0.2) is 0 Å². The highest BCUT2D eigenvalue weighted by Gasteiger charge is 2.09. The van der Waals surface area contributed by atoms with Gasteiger partial charge >= 0.3 is 0 Å². The van der Waals surface area contributed by atoms with E-state index in [9.17, 15) is 0 Å². The second kappa shape index (κ2) is 5.55. The monoisotopic (exact) mass is 216 g/mol. The molecule has 0 amide bonds. The molecule has 0 saturated carbocycles. The van der Waals surface area contributed by atoms with Crippen molar-refractivity contribution in [3.8, 4) is 6.07 Å². The fraction of sp³-hybridized carbons (Fsp3) is 0.500. The van der Waals surface area contributed by atoms with Gasteiger partial charge in [-0.3, -0.25) is 0 Å². The third kappa shape index (κ3) is 3.58. The van der Waals surface area contributed by atoms with Crippen LogP contribution >= 0.6 is 0 Å². The van der Waals surface area contributed by atoms with E-state index < -0.39 is 0 Å². The molecular weight excluding hydrogens is 196 g/mol. The highest BCUT2D eigenvalue weighted by Crippen LogP contribution is 2.16. The van der Waals surface area contributed by atoms with Crippen LogP contribution in [0.1, 0.15) is 31.4 Å². The van der Waals surface area contributed by atoms with Crippen molar-refractivity contribution in [1.29, 1.82) is 5.26 Å². The van der Waals surface area contributed by atoms with Gasteiger partial charge in [0.25, 0.3) is 0 Å². The zero-order valence-corrected chi connectivity index (χ0v) is 10.5. The Balaban J connectivity index is 2.71. The molecule has 0 aromatic heterocycles. The zero-order chi connectivity index (χ0) is 12.1. The SMILES string of the molecule is Cc1ccc(NC(C#N)CC(C)C)cc1C. The summed E-state index contributed by atoms with van der Waals surface area (Å²) in [5, 5.41) is 12.3. The van der Waals surface area contributed by atoms with E-state index in [0.29, 0.717) is 5.92 Å². The van der Waals surface area contributed by atoms with Crippen LogP contribution in [0.2, 0.25) is 0 Å². The Morgan fingerprint density at radius 1 is 1.25 bits per heavy atom. The van der Waals surface area contributed by atoms with E-state index >= 15 is 0 Å². The molecule has 1 unspecified atom stereocenters. The Bertz CT molecular complexity index is 388. The average Bonchev–Trinajstić information content (AvgIpc) is 2.22. The Morgan fingerprint density at radius 3 is 2.44 bits per heavy atom. The number of anilines is 1. The maximum atomic E-state index is 9.05. The maximum Gasteiger partial charge on any atom is 0.114 e. The summed E-state index contributed by atoms with van der Waals surface area (Å²) in [6.45, 7) is 8.44. The molecule has 0 spiro atoms. The standard InChI is InChI=1S/C14H20N2/c1-10(2)7-14(9-15)16-13-6-5-11(3)12(4)8-13/h5-6,8,10,14,16H,7H2,1-4H3. The van der Waals surface area contributed by atoms with Crippen molar-refractivity contribution in [2.45, 2.75) is 40.2 Å². The summed E-state index contributed by atoms with van der Waals surface area (Å²) in [6, 6.07) is 8.43. The predicted molar refractivity (Wildman–Crippen MR) is 68.4 cm³/mol. The summed E-state index contributed by atoms with van der Waals surface area (Å²) < 4.78 is 0. The van der Waals surface area contributed by atoms with Crippen LogP contribution in [-0.2, 0) is 0 Å². The predicted octanol–water partition coefficient (Wildman–Crippen LogP) is 3.65. The minimum absolute atomic E-state index is 0.0953. The van der Waals surface area contributed by atoms with Crippen LogP contribution in [0, 0.1) is 31.1 Å². The van der Waals surface area contributed by atoms with Gasteiger partial charge < -0.3 is 5.32 Å². The van der Waals surface area contributed by atoms with E-state index in [0.717, 1.165) is 12.1 Å². The molecule has 0 saturated heterocycles. The fourth-order valence-electron chi connectivity index (χ4n) is 1.65. The molecule has 0 radical (unpaired) electrons. The molecule has 1 atom stereocenters. The van der Waals surface area contributed by atoms with Gasteiger partial charge in [-0.05, 0) is 49.4 Å². The van der Waals surface area contributed by atoms with Gasteiger partial charge in [0.05, 0.1) is 6.07 Å². The molecule has 1 rings (SSSR count). The molecule has 1 aromatic rings. The van der Waals surface area contributed by atoms with Crippen LogP contribution in [0.4, 0.5) is 5.69 Å². The van der Waals surface area contributed by atoms with Gasteiger partial charge in [0.1, 0.15) is 6.04 Å². The summed E-state index contributed by atoms with van der Waals surface area (Å²) in [5.74, 6) is 0.531. The summed E-state index contributed by atoms with van der Waals surface area (Å²) in [7, 11) is 0. The number of nitrogens with one attached hydrogen (secondary N) is 1.